The van der Waals surface area contributed by atoms with E-state index in [2.05, 4.69) is 4.99 Å². The highest BCUT2D eigenvalue weighted by molar-refractivity contribution is 6.29. The fraction of sp³-hybridized carbons (Fsp3) is 0.200. The van der Waals surface area contributed by atoms with Gasteiger partial charge in [0, 0.05) is 6.21 Å². The molecule has 0 amide bonds. The summed E-state index contributed by atoms with van der Waals surface area (Å²) in [6.45, 7) is 0.651. The molecule has 0 N–H and O–H groups in total. The molecular weight excluding hydrogens is 110 g/mol. The second-order valence-electron chi connectivity index (χ2n) is 1.30. The van der Waals surface area contributed by atoms with Crippen LogP contribution >= 0.6 is 11.6 Å². The number of rotatable bonds is 0. The molecule has 0 aromatic rings. The van der Waals surface area contributed by atoms with Crippen molar-refractivity contribution in [1.82, 2.24) is 0 Å². The van der Waals surface area contributed by atoms with Gasteiger partial charge in [-0.3, -0.25) is 4.99 Å². The summed E-state index contributed by atoms with van der Waals surface area (Å²) in [6.07, 6.45) is 5.41. The van der Waals surface area contributed by atoms with Crippen molar-refractivity contribution in [1.29, 1.82) is 0 Å². The number of aliphatic imine (C=N–C) groups is 1. The van der Waals surface area contributed by atoms with E-state index in [0.717, 1.165) is 5.38 Å². The van der Waals surface area contributed by atoms with E-state index in [-0.39, 0.29) is 0 Å². The van der Waals surface area contributed by atoms with Crippen LogP contribution in [0.1, 0.15) is 0 Å². The van der Waals surface area contributed by atoms with Crippen LogP contribution in [-0.4, -0.2) is 12.8 Å². The van der Waals surface area contributed by atoms with Crippen LogP contribution < -0.4 is 0 Å². The number of halogens is 1. The molecule has 7 heavy (non-hydrogen) atoms. The molecule has 0 aliphatic carbocycles. The Hall–Kier alpha value is -0.300. The molecule has 0 atom stereocenters. The maximum absolute atomic E-state index is 5.53. The molecule has 0 aromatic carbocycles. The van der Waals surface area contributed by atoms with Gasteiger partial charge in [-0.1, -0.05) is 6.08 Å². The van der Waals surface area contributed by atoms with Gasteiger partial charge in [0.25, 0.3) is 0 Å². The molecule has 0 unspecified atom stereocenters. The summed E-state index contributed by atoms with van der Waals surface area (Å²) in [7, 11) is 0. The van der Waals surface area contributed by atoms with E-state index < -0.39 is 0 Å². The van der Waals surface area contributed by atoms with Gasteiger partial charge in [0.2, 0.25) is 0 Å². The first-order valence-electron chi connectivity index (χ1n) is 2.07. The Kier molecular flexibility index (Phi) is 1.47. The van der Waals surface area contributed by atoms with Gasteiger partial charge in [-0.2, -0.15) is 0 Å². The normalized spacial score (nSPS) is 20.7. The van der Waals surface area contributed by atoms with Crippen LogP contribution in [0.4, 0.5) is 0 Å². The minimum absolute atomic E-state index is 0.651. The third-order valence-corrected chi connectivity index (χ3v) is 0.956. The largest absolute Gasteiger partial charge is 0.291 e. The Morgan fingerprint density at radius 2 is 2.57 bits per heavy atom. The summed E-state index contributed by atoms with van der Waals surface area (Å²) >= 11 is 5.53. The third-order valence-electron chi connectivity index (χ3n) is 0.711. The topological polar surface area (TPSA) is 12.4 Å². The molecule has 0 aromatic heterocycles. The Bertz CT molecular complexity index is 107. The zero-order chi connectivity index (χ0) is 5.11. The van der Waals surface area contributed by atoms with Crippen molar-refractivity contribution in [2.24, 2.45) is 4.99 Å². The molecule has 2 heteroatoms. The minimum Gasteiger partial charge on any atom is -0.291 e. The highest BCUT2D eigenvalue weighted by atomic mass is 35.5. The summed E-state index contributed by atoms with van der Waals surface area (Å²) in [5, 5.41) is 0.808. The van der Waals surface area contributed by atoms with Crippen LogP contribution in [0.5, 0.6) is 0 Å². The molecule has 0 spiro atoms. The van der Waals surface area contributed by atoms with Gasteiger partial charge in [-0.15, -0.1) is 11.6 Å². The molecule has 1 radical (unpaired) electrons. The van der Waals surface area contributed by atoms with Crippen LogP contribution in [0.15, 0.2) is 17.1 Å². The Morgan fingerprint density at radius 3 is 2.86 bits per heavy atom. The Labute approximate surface area is 47.7 Å². The molecule has 0 fully saturated rings. The van der Waals surface area contributed by atoms with E-state index in [9.17, 15) is 0 Å². The highest BCUT2D eigenvalue weighted by Crippen LogP contribution is 2.09. The van der Waals surface area contributed by atoms with Crippen LogP contribution in [0, 0.1) is 5.38 Å². The van der Waals surface area contributed by atoms with Crippen LogP contribution in [0.3, 0.4) is 0 Å². The quantitative estimate of drug-likeness (QED) is 0.452. The molecule has 1 aliphatic rings. The number of hydrogen-bond acceptors (Lipinski definition) is 1. The van der Waals surface area contributed by atoms with Crippen molar-refractivity contribution in [3.8, 4) is 0 Å². The van der Waals surface area contributed by atoms with E-state index >= 15 is 0 Å². The molecule has 0 bridgehead atoms. The van der Waals surface area contributed by atoms with Gasteiger partial charge in [-0.05, 0) is 6.08 Å². The third kappa shape index (κ3) is 1.32. The van der Waals surface area contributed by atoms with E-state index in [1.807, 2.05) is 12.2 Å². The lowest BCUT2D eigenvalue weighted by atomic mass is 10.3. The molecule has 1 aliphatic heterocycles. The second kappa shape index (κ2) is 2.12. The van der Waals surface area contributed by atoms with Gasteiger partial charge in [-0.25, -0.2) is 0 Å². The summed E-state index contributed by atoms with van der Waals surface area (Å²) in [5.41, 5.74) is 0. The van der Waals surface area contributed by atoms with Crippen LogP contribution in [0.25, 0.3) is 0 Å². The summed E-state index contributed by atoms with van der Waals surface area (Å²) < 4.78 is 0. The molecular formula is C5H5ClN. The second-order valence-corrected chi connectivity index (χ2v) is 1.78. The van der Waals surface area contributed by atoms with Crippen molar-refractivity contribution in [2.75, 3.05) is 6.54 Å². The Balaban J connectivity index is 2.49. The molecule has 0 saturated carbocycles. The molecule has 0 saturated heterocycles. The fourth-order valence-corrected chi connectivity index (χ4v) is 0.543. The highest BCUT2D eigenvalue weighted by Gasteiger charge is 1.98. The molecule has 1 nitrogen and oxygen atoms in total. The summed E-state index contributed by atoms with van der Waals surface area (Å²) in [5.74, 6) is 0. The van der Waals surface area contributed by atoms with Crippen molar-refractivity contribution in [2.45, 2.75) is 0 Å². The lowest BCUT2D eigenvalue weighted by Gasteiger charge is -1.98. The van der Waals surface area contributed by atoms with Gasteiger partial charge in [0.05, 0.1) is 6.54 Å². The van der Waals surface area contributed by atoms with Crippen LogP contribution in [-0.2, 0) is 0 Å². The zero-order valence-corrected chi connectivity index (χ0v) is 4.52. The van der Waals surface area contributed by atoms with Crippen molar-refractivity contribution in [3.05, 3.63) is 17.5 Å². The lowest BCUT2D eigenvalue weighted by molar-refractivity contribution is 1.14. The number of nitrogens with zero attached hydrogens (tertiary/aromatic N) is 1. The van der Waals surface area contributed by atoms with E-state index in [4.69, 9.17) is 11.6 Å². The van der Waals surface area contributed by atoms with E-state index in [0.29, 0.717) is 6.54 Å². The predicted octanol–water partition coefficient (Wildman–Crippen LogP) is 1.40. The average molecular weight is 115 g/mol. The van der Waals surface area contributed by atoms with E-state index in [1.165, 1.54) is 0 Å². The lowest BCUT2D eigenvalue weighted by Crippen LogP contribution is -1.92. The maximum atomic E-state index is 5.53. The average Bonchev–Trinajstić information content (AvgIpc) is 1.69. The SMILES string of the molecule is Cl[C]1C=CC=NC1. The molecule has 37 valence electrons. The van der Waals surface area contributed by atoms with Gasteiger partial charge in [0.15, 0.2) is 0 Å². The summed E-state index contributed by atoms with van der Waals surface area (Å²) in [4.78, 5) is 3.88. The van der Waals surface area contributed by atoms with Crippen LogP contribution in [0.2, 0.25) is 0 Å². The molecule has 1 rings (SSSR count). The summed E-state index contributed by atoms with van der Waals surface area (Å²) in [6, 6.07) is 0. The zero-order valence-electron chi connectivity index (χ0n) is 3.76. The number of allylic oxidation sites excluding steroid dienone is 1. The molecule has 1 heterocycles. The fourth-order valence-electron chi connectivity index (χ4n) is 0.401. The first-order valence-corrected chi connectivity index (χ1v) is 2.45. The number of hydrogen-bond donors (Lipinski definition) is 0. The van der Waals surface area contributed by atoms with Crippen molar-refractivity contribution in [3.63, 3.8) is 0 Å². The van der Waals surface area contributed by atoms with Gasteiger partial charge in [0.1, 0.15) is 5.38 Å². The van der Waals surface area contributed by atoms with Gasteiger partial charge < -0.3 is 0 Å². The number of dihydropyridines is 1. The Morgan fingerprint density at radius 1 is 1.71 bits per heavy atom. The first kappa shape index (κ1) is 4.85. The standard InChI is InChI=1S/C5H5ClN/c6-5-2-1-3-7-4-5/h1-3H,4H2. The smallest absolute Gasteiger partial charge is 0.107 e. The monoisotopic (exact) mass is 114 g/mol. The predicted molar refractivity (Wildman–Crippen MR) is 31.6 cm³/mol. The first-order chi connectivity index (χ1) is 3.39. The maximum Gasteiger partial charge on any atom is 0.107 e. The van der Waals surface area contributed by atoms with E-state index in [1.54, 1.807) is 6.21 Å². The van der Waals surface area contributed by atoms with Crippen molar-refractivity contribution >= 4 is 17.8 Å². The minimum atomic E-state index is 0.651. The van der Waals surface area contributed by atoms with Gasteiger partial charge >= 0.3 is 0 Å². The van der Waals surface area contributed by atoms with Crippen molar-refractivity contribution < 1.29 is 0 Å².